The van der Waals surface area contributed by atoms with Gasteiger partial charge in [-0.15, -0.1) is 12.3 Å². The van der Waals surface area contributed by atoms with Gasteiger partial charge in [0.2, 0.25) is 5.41 Å². The van der Waals surface area contributed by atoms with Crippen molar-refractivity contribution in [1.29, 1.82) is 0 Å². The normalized spacial score (nSPS) is 12.6. The molecule has 0 aliphatic rings. The smallest absolute Gasteiger partial charge is 0.325 e. The lowest BCUT2D eigenvalue weighted by atomic mass is 9.90. The first-order valence-electron chi connectivity index (χ1n) is 8.27. The van der Waals surface area contributed by atoms with Gasteiger partial charge in [-0.2, -0.15) is 0 Å². The second-order valence-electron chi connectivity index (χ2n) is 7.46. The molecule has 150 valence electrons. The molecule has 2 N–H and O–H groups in total. The maximum absolute atomic E-state index is 11.7. The van der Waals surface area contributed by atoms with Crippen molar-refractivity contribution in [3.8, 4) is 12.3 Å². The Kier molecular flexibility index (Phi) is 11.0. The van der Waals surface area contributed by atoms with E-state index >= 15 is 0 Å². The molecule has 9 heteroatoms. The average molecular weight is 423 g/mol. The van der Waals surface area contributed by atoms with Crippen molar-refractivity contribution in [2.45, 2.75) is 51.7 Å². The van der Waals surface area contributed by atoms with Gasteiger partial charge in [0.25, 0.3) is 0 Å². The van der Waals surface area contributed by atoms with Crippen LogP contribution in [0.5, 0.6) is 0 Å². The number of carboxylic acids is 2. The van der Waals surface area contributed by atoms with Crippen LogP contribution in [0.15, 0.2) is 0 Å². The number of rotatable bonds is 13. The zero-order chi connectivity index (χ0) is 20.4. The van der Waals surface area contributed by atoms with Crippen LogP contribution in [0, 0.1) is 17.8 Å². The highest BCUT2D eigenvalue weighted by atomic mass is 33.1. The van der Waals surface area contributed by atoms with Gasteiger partial charge in [-0.3, -0.25) is 9.59 Å². The summed E-state index contributed by atoms with van der Waals surface area (Å²) < 4.78 is 11.2. The molecule has 0 aromatic heterocycles. The van der Waals surface area contributed by atoms with Crippen LogP contribution in [0.1, 0.15) is 33.6 Å². The van der Waals surface area contributed by atoms with Crippen molar-refractivity contribution in [2.24, 2.45) is 5.41 Å². The van der Waals surface area contributed by atoms with Gasteiger partial charge >= 0.3 is 11.9 Å². The quantitative estimate of drug-likeness (QED) is 0.115. The van der Waals surface area contributed by atoms with Gasteiger partial charge in [-0.1, -0.05) is 42.4 Å². The first-order chi connectivity index (χ1) is 11.9. The lowest BCUT2D eigenvalue weighted by Crippen LogP contribution is -2.51. The fourth-order valence-electron chi connectivity index (χ4n) is 1.48. The molecule has 0 aromatic rings. The van der Waals surface area contributed by atoms with Crippen molar-refractivity contribution in [2.75, 3.05) is 24.9 Å². The third-order valence-electron chi connectivity index (χ3n) is 4.42. The molecule has 0 rings (SSSR count). The minimum Gasteiger partial charge on any atom is -0.480 e. The van der Waals surface area contributed by atoms with Gasteiger partial charge in [0.05, 0.1) is 13.2 Å². The predicted octanol–water partition coefficient (Wildman–Crippen LogP) is 3.93. The zero-order valence-electron chi connectivity index (χ0n) is 16.2. The summed E-state index contributed by atoms with van der Waals surface area (Å²) in [5.41, 5.74) is -2.11. The molecule has 6 nitrogen and oxygen atoms in total. The number of ether oxygens (including phenoxy) is 1. The summed E-state index contributed by atoms with van der Waals surface area (Å²) in [4.78, 5) is 23.4. The highest BCUT2D eigenvalue weighted by Crippen LogP contribution is 2.38. The largest absolute Gasteiger partial charge is 0.480 e. The molecule has 0 radical (unpaired) electrons. The fraction of sp³-hybridized carbons (Fsp3) is 0.765. The molecule has 0 aromatic carbocycles. The molecule has 0 saturated carbocycles. The summed E-state index contributed by atoms with van der Waals surface area (Å²) in [7, 11) is 0.675. The van der Waals surface area contributed by atoms with Crippen molar-refractivity contribution in [3.05, 3.63) is 0 Å². The number of carboxylic acid groups (broad SMARTS) is 2. The second-order valence-corrected chi connectivity index (χ2v) is 14.8. The molecule has 0 fully saturated rings. The monoisotopic (exact) mass is 422 g/mol. The van der Waals surface area contributed by atoms with Crippen LogP contribution < -0.4 is 0 Å². The molecule has 0 spiro atoms. The summed E-state index contributed by atoms with van der Waals surface area (Å²) in [6.07, 6.45) is 6.77. The van der Waals surface area contributed by atoms with E-state index in [1.807, 2.05) is 33.9 Å². The summed E-state index contributed by atoms with van der Waals surface area (Å²) in [5.74, 6) is 0.713. The Morgan fingerprint density at radius 2 is 1.69 bits per heavy atom. The van der Waals surface area contributed by atoms with Crippen LogP contribution in [0.25, 0.3) is 0 Å². The van der Waals surface area contributed by atoms with E-state index in [-0.39, 0.29) is 11.0 Å². The molecule has 0 unspecified atom stereocenters. The molecule has 0 aliphatic carbocycles. The lowest BCUT2D eigenvalue weighted by Gasteiger charge is -2.38. The molecule has 0 aliphatic heterocycles. The number of hydrogen-bond acceptors (Lipinski definition) is 6. The summed E-state index contributed by atoms with van der Waals surface area (Å²) in [6.45, 7) is 9.07. The van der Waals surface area contributed by atoms with Crippen molar-refractivity contribution in [1.82, 2.24) is 0 Å². The molecule has 0 heterocycles. The van der Waals surface area contributed by atoms with Crippen molar-refractivity contribution >= 4 is 41.8 Å². The van der Waals surface area contributed by atoms with Crippen LogP contribution in [-0.2, 0) is 18.8 Å². The molecular weight excluding hydrogens is 392 g/mol. The second kappa shape index (κ2) is 11.2. The average Bonchev–Trinajstić information content (AvgIpc) is 2.51. The summed E-state index contributed by atoms with van der Waals surface area (Å²) >= 11 is 0. The number of carbonyl (C=O) groups is 2. The van der Waals surface area contributed by atoms with E-state index in [2.05, 4.69) is 5.92 Å². The summed E-state index contributed by atoms with van der Waals surface area (Å²) in [6, 6.07) is 0. The first kappa shape index (κ1) is 25.3. The van der Waals surface area contributed by atoms with Gasteiger partial charge in [-0.25, -0.2) is 0 Å². The van der Waals surface area contributed by atoms with E-state index in [0.717, 1.165) is 12.2 Å². The third-order valence-corrected chi connectivity index (χ3v) is 11.1. The predicted molar refractivity (Wildman–Crippen MR) is 110 cm³/mol. The molecule has 26 heavy (non-hydrogen) atoms. The van der Waals surface area contributed by atoms with Crippen molar-refractivity contribution < 1.29 is 29.0 Å². The highest BCUT2D eigenvalue weighted by Gasteiger charge is 2.50. The Bertz CT molecular complexity index is 496. The van der Waals surface area contributed by atoms with E-state index in [0.29, 0.717) is 6.42 Å². The Morgan fingerprint density at radius 3 is 2.15 bits per heavy atom. The number of hydrogen-bond donors (Lipinski definition) is 2. The van der Waals surface area contributed by atoms with E-state index in [1.54, 1.807) is 10.8 Å². The molecular formula is C17H30O6S2Si. The number of aliphatic carboxylic acids is 2. The van der Waals surface area contributed by atoms with E-state index in [4.69, 9.17) is 15.6 Å². The third kappa shape index (κ3) is 7.92. The van der Waals surface area contributed by atoms with Crippen LogP contribution in [0.2, 0.25) is 18.1 Å². The van der Waals surface area contributed by atoms with Gasteiger partial charge < -0.3 is 19.4 Å². The Hall–Kier alpha value is -0.663. The standard InChI is InChI=1S/C17H30O6S2Si/c1-7-8-9-10-24-25-13-22-11-17(14(18)19,15(20)21)12-23-26(5,6)16(2,3)4/h1H,8-13H2,2-6H3,(H,18,19)(H,20,21). The van der Waals surface area contributed by atoms with E-state index in [1.165, 1.54) is 10.8 Å². The Labute approximate surface area is 165 Å². The topological polar surface area (TPSA) is 93.1 Å². The molecule has 0 amide bonds. The van der Waals surface area contributed by atoms with Gasteiger partial charge in [-0.05, 0) is 24.6 Å². The van der Waals surface area contributed by atoms with Crippen LogP contribution in [0.4, 0.5) is 0 Å². The molecule has 0 atom stereocenters. The molecule has 0 bridgehead atoms. The Balaban J connectivity index is 4.74. The minimum atomic E-state index is -2.29. The first-order valence-corrected chi connectivity index (χ1v) is 13.7. The summed E-state index contributed by atoms with van der Waals surface area (Å²) in [5, 5.41) is 18.9. The number of terminal acetylenes is 1. The van der Waals surface area contributed by atoms with E-state index < -0.39 is 38.9 Å². The van der Waals surface area contributed by atoms with Gasteiger partial charge in [0.15, 0.2) is 8.32 Å². The lowest BCUT2D eigenvalue weighted by molar-refractivity contribution is -0.171. The fourth-order valence-corrected chi connectivity index (χ4v) is 4.23. The van der Waals surface area contributed by atoms with Crippen LogP contribution in [0.3, 0.4) is 0 Å². The van der Waals surface area contributed by atoms with Gasteiger partial charge in [0, 0.05) is 12.2 Å². The SMILES string of the molecule is C#CCCCSSCOCC(CO[Si](C)(C)C(C)(C)C)(C(=O)O)C(=O)O. The number of unbranched alkanes of at least 4 members (excludes halogenated alkanes) is 1. The highest BCUT2D eigenvalue weighted by molar-refractivity contribution is 8.76. The van der Waals surface area contributed by atoms with Crippen LogP contribution in [-0.4, -0.2) is 55.4 Å². The zero-order valence-corrected chi connectivity index (χ0v) is 18.8. The van der Waals surface area contributed by atoms with Crippen molar-refractivity contribution in [3.63, 3.8) is 0 Å². The van der Waals surface area contributed by atoms with Crippen LogP contribution >= 0.6 is 21.6 Å². The van der Waals surface area contributed by atoms with E-state index in [9.17, 15) is 19.8 Å². The maximum atomic E-state index is 11.7. The Morgan fingerprint density at radius 1 is 1.12 bits per heavy atom. The molecule has 0 saturated heterocycles. The van der Waals surface area contributed by atoms with Gasteiger partial charge in [0.1, 0.15) is 5.94 Å². The minimum absolute atomic E-state index is 0.151. The maximum Gasteiger partial charge on any atom is 0.325 e.